The Hall–Kier alpha value is -3.26. The predicted octanol–water partition coefficient (Wildman–Crippen LogP) is 5.13. The molecule has 0 fully saturated rings. The van der Waals surface area contributed by atoms with Crippen molar-refractivity contribution in [2.45, 2.75) is 17.9 Å². The molecule has 41 heavy (non-hydrogen) atoms. The molecule has 0 saturated heterocycles. The first kappa shape index (κ1) is 27.9. The summed E-state index contributed by atoms with van der Waals surface area (Å²) in [5.74, 6) is -0.449. The number of fused-ring (bicyclic) bond motifs is 2. The number of benzene rings is 3. The van der Waals surface area contributed by atoms with Crippen LogP contribution in [-0.2, 0) is 24.8 Å². The average Bonchev–Trinajstić information content (AvgIpc) is 3.48. The molecule has 1 atom stereocenters. The second kappa shape index (κ2) is 9.93. The molecule has 13 heteroatoms. The smallest absolute Gasteiger partial charge is 0.270 e. The molecule has 1 aliphatic heterocycles. The van der Waals surface area contributed by atoms with Crippen molar-refractivity contribution in [2.24, 2.45) is 4.99 Å². The quantitative estimate of drug-likeness (QED) is 0.270. The maximum atomic E-state index is 13.8. The lowest BCUT2D eigenvalue weighted by molar-refractivity contribution is -0.115. The van der Waals surface area contributed by atoms with Crippen LogP contribution in [0.4, 0.5) is 0 Å². The summed E-state index contributed by atoms with van der Waals surface area (Å²) >= 11 is 6.84. The van der Waals surface area contributed by atoms with Crippen molar-refractivity contribution in [1.82, 2.24) is 13.3 Å². The van der Waals surface area contributed by atoms with E-state index in [1.807, 2.05) is 19.1 Å². The van der Waals surface area contributed by atoms with Gasteiger partial charge in [-0.1, -0.05) is 61.7 Å². The normalized spacial score (nSPS) is 16.2. The Morgan fingerprint density at radius 3 is 2.10 bits per heavy atom. The van der Waals surface area contributed by atoms with Crippen LogP contribution in [0.2, 0.25) is 0 Å². The molecule has 0 saturated carbocycles. The minimum atomic E-state index is -3.95. The summed E-state index contributed by atoms with van der Waals surface area (Å²) in [4.78, 5) is 18.0. The molecule has 6 rings (SSSR count). The van der Waals surface area contributed by atoms with E-state index < -0.39 is 32.0 Å². The van der Waals surface area contributed by atoms with Crippen LogP contribution >= 0.6 is 31.9 Å². The summed E-state index contributed by atoms with van der Waals surface area (Å²) in [5.41, 5.74) is 2.83. The van der Waals surface area contributed by atoms with Gasteiger partial charge >= 0.3 is 0 Å². The maximum absolute atomic E-state index is 13.8. The molecule has 1 unspecified atom stereocenters. The second-order valence-electron chi connectivity index (χ2n) is 9.83. The highest BCUT2D eigenvalue weighted by atomic mass is 79.9. The Morgan fingerprint density at radius 2 is 1.46 bits per heavy atom. The summed E-state index contributed by atoms with van der Waals surface area (Å²) in [7, 11) is -7.64. The van der Waals surface area contributed by atoms with Gasteiger partial charge in [0.2, 0.25) is 10.0 Å². The van der Waals surface area contributed by atoms with Gasteiger partial charge in [0.05, 0.1) is 28.2 Å². The molecule has 3 aromatic carbocycles. The number of hydrogen-bond acceptors (Lipinski definition) is 6. The van der Waals surface area contributed by atoms with Crippen LogP contribution in [0.1, 0.15) is 22.7 Å². The van der Waals surface area contributed by atoms with Gasteiger partial charge in [0.25, 0.3) is 15.9 Å². The van der Waals surface area contributed by atoms with Crippen molar-refractivity contribution in [3.05, 3.63) is 98.7 Å². The lowest BCUT2D eigenvalue weighted by atomic mass is 10.0. The molecule has 0 bridgehead atoms. The lowest BCUT2D eigenvalue weighted by Crippen LogP contribution is -2.39. The average molecular weight is 718 g/mol. The molecule has 1 amide bonds. The maximum Gasteiger partial charge on any atom is 0.270 e. The largest absolute Gasteiger partial charge is 0.348 e. The van der Waals surface area contributed by atoms with Crippen molar-refractivity contribution in [2.75, 3.05) is 12.8 Å². The van der Waals surface area contributed by atoms with Crippen LogP contribution in [0, 0.1) is 6.92 Å². The molecule has 1 N–H and O–H groups in total. The number of carbonyl (C=O) groups is 1. The van der Waals surface area contributed by atoms with Crippen LogP contribution in [-0.4, -0.2) is 49.2 Å². The Labute approximate surface area is 253 Å². The molecule has 0 radical (unpaired) electrons. The third kappa shape index (κ3) is 4.84. The van der Waals surface area contributed by atoms with Gasteiger partial charge in [-0.25, -0.2) is 24.8 Å². The minimum absolute atomic E-state index is 0.0652. The summed E-state index contributed by atoms with van der Waals surface area (Å²) in [6.45, 7) is 2.02. The number of nitrogens with one attached hydrogen (secondary N) is 1. The van der Waals surface area contributed by atoms with Gasteiger partial charge in [0.15, 0.2) is 0 Å². The zero-order valence-corrected chi connectivity index (χ0v) is 26.5. The molecule has 0 aliphatic carbocycles. The second-order valence-corrected chi connectivity index (χ2v) is 15.3. The Bertz CT molecular complexity index is 2150. The molecule has 1 aliphatic rings. The number of nitrogens with zero attached hydrogens (tertiary/aromatic N) is 3. The van der Waals surface area contributed by atoms with E-state index in [9.17, 15) is 21.6 Å². The standard InChI is InChI=1S/C28H22Br2N4O5S2/c1-16-3-7-19(8-4-16)41(38,39)34-14-22(20-9-5-18(30)12-26(20)34)24-13-31-28(35)27(32-24)23-15-33(40(2,36)37)25-11-17(29)6-10-21(23)25/h3-12,14-15,24H,13H2,1-2H3,(H,31,35). The van der Waals surface area contributed by atoms with Crippen LogP contribution in [0.25, 0.3) is 21.8 Å². The molecule has 3 heterocycles. The van der Waals surface area contributed by atoms with Crippen LogP contribution < -0.4 is 5.32 Å². The molecule has 9 nitrogen and oxygen atoms in total. The van der Waals surface area contributed by atoms with Gasteiger partial charge in [0, 0.05) is 49.8 Å². The first-order valence-electron chi connectivity index (χ1n) is 12.3. The number of hydrogen-bond donors (Lipinski definition) is 1. The third-order valence-corrected chi connectivity index (χ3v) is 10.7. The third-order valence-electron chi connectivity index (χ3n) is 7.00. The van der Waals surface area contributed by atoms with Gasteiger partial charge in [-0.2, -0.15) is 0 Å². The number of halogens is 2. The Kier molecular flexibility index (Phi) is 6.76. The summed E-state index contributed by atoms with van der Waals surface area (Å²) < 4.78 is 56.4. The van der Waals surface area contributed by atoms with Crippen molar-refractivity contribution in [3.8, 4) is 0 Å². The van der Waals surface area contributed by atoms with Crippen LogP contribution in [0.3, 0.4) is 0 Å². The Balaban J connectivity index is 1.55. The van der Waals surface area contributed by atoms with Gasteiger partial charge in [0.1, 0.15) is 5.71 Å². The summed E-state index contributed by atoms with van der Waals surface area (Å²) in [5, 5.41) is 4.07. The van der Waals surface area contributed by atoms with E-state index in [1.54, 1.807) is 54.7 Å². The topological polar surface area (TPSA) is 120 Å². The number of amides is 1. The van der Waals surface area contributed by atoms with Crippen LogP contribution in [0.5, 0.6) is 0 Å². The highest BCUT2D eigenvalue weighted by molar-refractivity contribution is 9.10. The van der Waals surface area contributed by atoms with E-state index in [0.29, 0.717) is 41.9 Å². The highest BCUT2D eigenvalue weighted by Crippen LogP contribution is 2.35. The van der Waals surface area contributed by atoms with Gasteiger partial charge in [-0.05, 0) is 43.3 Å². The first-order chi connectivity index (χ1) is 19.3. The zero-order valence-electron chi connectivity index (χ0n) is 21.7. The molecule has 0 spiro atoms. The van der Waals surface area contributed by atoms with E-state index in [4.69, 9.17) is 4.99 Å². The minimum Gasteiger partial charge on any atom is -0.348 e. The van der Waals surface area contributed by atoms with E-state index >= 15 is 0 Å². The lowest BCUT2D eigenvalue weighted by Gasteiger charge is -2.21. The van der Waals surface area contributed by atoms with Crippen LogP contribution in [0.15, 0.2) is 91.9 Å². The highest BCUT2D eigenvalue weighted by Gasteiger charge is 2.31. The van der Waals surface area contributed by atoms with E-state index in [2.05, 4.69) is 37.2 Å². The fourth-order valence-corrected chi connectivity index (χ4v) is 7.90. The molecule has 2 aromatic heterocycles. The first-order valence-corrected chi connectivity index (χ1v) is 17.2. The van der Waals surface area contributed by atoms with E-state index in [-0.39, 0.29) is 17.2 Å². The molecular formula is C28H22Br2N4O5S2. The van der Waals surface area contributed by atoms with Gasteiger partial charge in [-0.3, -0.25) is 9.79 Å². The Morgan fingerprint density at radius 1 is 0.854 bits per heavy atom. The number of aliphatic imine (C=N–C) groups is 1. The molecule has 210 valence electrons. The van der Waals surface area contributed by atoms with Crippen molar-refractivity contribution < 1.29 is 21.6 Å². The predicted molar refractivity (Wildman–Crippen MR) is 166 cm³/mol. The number of aromatic nitrogens is 2. The number of carbonyl (C=O) groups excluding carboxylic acids is 1. The fraction of sp³-hybridized carbons (Fsp3) is 0.143. The summed E-state index contributed by atoms with van der Waals surface area (Å²) in [6.07, 6.45) is 4.03. The molecule has 5 aromatic rings. The van der Waals surface area contributed by atoms with Gasteiger partial charge in [-0.15, -0.1) is 0 Å². The van der Waals surface area contributed by atoms with Crippen molar-refractivity contribution >= 4 is 85.3 Å². The number of aryl methyl sites for hydroxylation is 1. The van der Waals surface area contributed by atoms with Gasteiger partial charge < -0.3 is 5.32 Å². The van der Waals surface area contributed by atoms with E-state index in [1.165, 1.54) is 10.2 Å². The SMILES string of the molecule is Cc1ccc(S(=O)(=O)n2cc(C3CNC(=O)C(c4cn(S(C)(=O)=O)c5cc(Br)ccc45)=N3)c3ccc(Br)cc32)cc1. The summed E-state index contributed by atoms with van der Waals surface area (Å²) in [6, 6.07) is 16.5. The fourth-order valence-electron chi connectivity index (χ4n) is 5.02. The van der Waals surface area contributed by atoms with Crippen molar-refractivity contribution in [1.29, 1.82) is 0 Å². The number of rotatable bonds is 5. The monoisotopic (exact) mass is 716 g/mol. The van der Waals surface area contributed by atoms with Crippen molar-refractivity contribution in [3.63, 3.8) is 0 Å². The van der Waals surface area contributed by atoms with E-state index in [0.717, 1.165) is 15.8 Å². The zero-order chi connectivity index (χ0) is 29.3. The molecular weight excluding hydrogens is 696 g/mol.